The molecule has 2 heterocycles. The first-order chi connectivity index (χ1) is 5.25. The molecule has 0 radical (unpaired) electrons. The molecule has 0 fully saturated rings. The van der Waals surface area contributed by atoms with Gasteiger partial charge in [-0.05, 0) is 11.6 Å². The van der Waals surface area contributed by atoms with Gasteiger partial charge in [0.05, 0.1) is 11.7 Å². The van der Waals surface area contributed by atoms with E-state index in [1.165, 1.54) is 6.20 Å². The van der Waals surface area contributed by atoms with Gasteiger partial charge in [0.15, 0.2) is 0 Å². The van der Waals surface area contributed by atoms with Crippen LogP contribution in [0.25, 0.3) is 10.3 Å². The number of nitrogens with zero attached hydrogens (tertiary/aromatic N) is 2. The highest BCUT2D eigenvalue weighted by atomic mass is 35.5. The number of rotatable bonds is 0. The predicted octanol–water partition coefficient (Wildman–Crippen LogP) is 1.03. The average Bonchev–Trinajstić information content (AvgIpc) is 2.27. The third-order valence-corrected chi connectivity index (χ3v) is 2.12. The Balaban J connectivity index is 2.92. The summed E-state index contributed by atoms with van der Waals surface area (Å²) in [6.45, 7) is 0. The minimum atomic E-state index is -0.142. The van der Waals surface area contributed by atoms with Crippen molar-refractivity contribution >= 4 is 33.3 Å². The molecule has 2 aromatic heterocycles. The second-order valence-electron chi connectivity index (χ2n) is 1.87. The molecule has 0 saturated heterocycles. The molecule has 0 aromatic carbocycles. The number of fused-ring (bicyclic) bond motifs is 1. The Morgan fingerprint density at radius 3 is 3.27 bits per heavy atom. The molecule has 56 valence electrons. The van der Waals surface area contributed by atoms with E-state index in [1.807, 2.05) is 0 Å². The van der Waals surface area contributed by atoms with Crippen molar-refractivity contribution in [2.45, 2.75) is 0 Å². The molecule has 0 aliphatic heterocycles. The van der Waals surface area contributed by atoms with E-state index in [1.54, 1.807) is 0 Å². The maximum atomic E-state index is 10.8. The Hall–Kier alpha value is -0.940. The normalized spacial score (nSPS) is 10.6. The highest BCUT2D eigenvalue weighted by molar-refractivity contribution is 7.15. The molecular weight excluding hydrogens is 186 g/mol. The van der Waals surface area contributed by atoms with E-state index in [-0.39, 0.29) is 10.2 Å². The lowest BCUT2D eigenvalue weighted by molar-refractivity contribution is 1.22. The Bertz CT molecular complexity index is 448. The van der Waals surface area contributed by atoms with E-state index in [0.717, 1.165) is 11.3 Å². The third kappa shape index (κ3) is 1.12. The molecule has 2 rings (SSSR count). The summed E-state index contributed by atoms with van der Waals surface area (Å²) in [5, 5.41) is 0.160. The van der Waals surface area contributed by atoms with E-state index in [0.29, 0.717) is 10.3 Å². The maximum absolute atomic E-state index is 10.8. The van der Waals surface area contributed by atoms with E-state index < -0.39 is 0 Å². The summed E-state index contributed by atoms with van der Waals surface area (Å²) in [5.74, 6) is 0. The van der Waals surface area contributed by atoms with Crippen LogP contribution in [0.5, 0.6) is 0 Å². The van der Waals surface area contributed by atoms with Crippen molar-refractivity contribution in [2.24, 2.45) is 0 Å². The molecule has 0 unspecified atom stereocenters. The van der Waals surface area contributed by atoms with Crippen molar-refractivity contribution in [3.63, 3.8) is 0 Å². The molecule has 0 spiro atoms. The number of hydrogen-bond acceptors (Lipinski definition) is 4. The summed E-state index contributed by atoms with van der Waals surface area (Å²) in [7, 11) is 0. The molecule has 1 N–H and O–H groups in total. The van der Waals surface area contributed by atoms with E-state index in [4.69, 9.17) is 11.6 Å². The van der Waals surface area contributed by atoms with Crippen molar-refractivity contribution in [2.75, 3.05) is 0 Å². The monoisotopic (exact) mass is 187 g/mol. The van der Waals surface area contributed by atoms with Crippen LogP contribution in [0, 0.1) is 0 Å². The summed E-state index contributed by atoms with van der Waals surface area (Å²) in [4.78, 5) is 21.3. The zero-order chi connectivity index (χ0) is 7.84. The fraction of sp³-hybridized carbons (Fsp3) is 0. The van der Waals surface area contributed by atoms with Crippen LogP contribution in [0.2, 0.25) is 5.28 Å². The zero-order valence-electron chi connectivity index (χ0n) is 5.17. The predicted molar refractivity (Wildman–Crippen MR) is 43.0 cm³/mol. The van der Waals surface area contributed by atoms with Crippen molar-refractivity contribution in [3.8, 4) is 0 Å². The van der Waals surface area contributed by atoms with Gasteiger partial charge in [-0.3, -0.25) is 4.79 Å². The van der Waals surface area contributed by atoms with Gasteiger partial charge in [-0.15, -0.1) is 0 Å². The third-order valence-electron chi connectivity index (χ3n) is 1.15. The van der Waals surface area contributed by atoms with E-state index in [9.17, 15) is 4.79 Å². The van der Waals surface area contributed by atoms with Crippen LogP contribution in [0.3, 0.4) is 0 Å². The largest absolute Gasteiger partial charge is 0.310 e. The highest BCUT2D eigenvalue weighted by Gasteiger charge is 2.00. The van der Waals surface area contributed by atoms with E-state index in [2.05, 4.69) is 15.0 Å². The van der Waals surface area contributed by atoms with Gasteiger partial charge >= 0.3 is 4.87 Å². The van der Waals surface area contributed by atoms with Gasteiger partial charge in [0.1, 0.15) is 4.83 Å². The molecule has 0 aliphatic rings. The minimum Gasteiger partial charge on any atom is -0.310 e. The molecule has 11 heavy (non-hydrogen) atoms. The second-order valence-corrected chi connectivity index (χ2v) is 3.17. The Kier molecular flexibility index (Phi) is 1.40. The van der Waals surface area contributed by atoms with E-state index >= 15 is 0 Å². The number of aromatic amines is 1. The topological polar surface area (TPSA) is 58.6 Å². The summed E-state index contributed by atoms with van der Waals surface area (Å²) in [5.41, 5.74) is 0.629. The van der Waals surface area contributed by atoms with Crippen molar-refractivity contribution in [1.82, 2.24) is 15.0 Å². The summed E-state index contributed by atoms with van der Waals surface area (Å²) < 4.78 is 0. The maximum Gasteiger partial charge on any atom is 0.307 e. The minimum absolute atomic E-state index is 0.142. The van der Waals surface area contributed by atoms with Gasteiger partial charge < -0.3 is 4.98 Å². The molecule has 0 amide bonds. The first-order valence-corrected chi connectivity index (χ1v) is 3.96. The second kappa shape index (κ2) is 2.28. The van der Waals surface area contributed by atoms with Crippen molar-refractivity contribution < 1.29 is 0 Å². The molecule has 0 aliphatic carbocycles. The molecule has 0 atom stereocenters. The number of nitrogens with one attached hydrogen (secondary N) is 1. The van der Waals surface area contributed by atoms with Crippen LogP contribution in [0.4, 0.5) is 0 Å². The quantitative estimate of drug-likeness (QED) is 0.627. The zero-order valence-corrected chi connectivity index (χ0v) is 6.74. The van der Waals surface area contributed by atoms with Gasteiger partial charge in [0.25, 0.3) is 0 Å². The van der Waals surface area contributed by atoms with Gasteiger partial charge in [0.2, 0.25) is 5.28 Å². The highest BCUT2D eigenvalue weighted by Crippen LogP contribution is 2.11. The van der Waals surface area contributed by atoms with Crippen LogP contribution in [-0.4, -0.2) is 15.0 Å². The Morgan fingerprint density at radius 2 is 2.45 bits per heavy atom. The number of hydrogen-bond donors (Lipinski definition) is 1. The molecule has 0 bridgehead atoms. The summed E-state index contributed by atoms with van der Waals surface area (Å²) in [6, 6.07) is 0. The van der Waals surface area contributed by atoms with Gasteiger partial charge in [0, 0.05) is 0 Å². The lowest BCUT2D eigenvalue weighted by Gasteiger charge is -1.85. The van der Waals surface area contributed by atoms with Crippen molar-refractivity contribution in [1.29, 1.82) is 0 Å². The fourth-order valence-electron chi connectivity index (χ4n) is 0.733. The van der Waals surface area contributed by atoms with Crippen LogP contribution in [0.1, 0.15) is 0 Å². The number of halogens is 1. The van der Waals surface area contributed by atoms with Crippen molar-refractivity contribution in [3.05, 3.63) is 21.1 Å². The summed E-state index contributed by atoms with van der Waals surface area (Å²) >= 11 is 6.52. The Labute approximate surface area is 69.9 Å². The van der Waals surface area contributed by atoms with Gasteiger partial charge in [-0.25, -0.2) is 9.97 Å². The average molecular weight is 188 g/mol. The molecular formula is C5H2ClN3OS. The summed E-state index contributed by atoms with van der Waals surface area (Å²) in [6.07, 6.45) is 1.49. The number of H-pyrrole nitrogens is 1. The fourth-order valence-corrected chi connectivity index (χ4v) is 1.60. The van der Waals surface area contributed by atoms with Crippen LogP contribution in [-0.2, 0) is 0 Å². The lowest BCUT2D eigenvalue weighted by atomic mass is 10.6. The van der Waals surface area contributed by atoms with Crippen LogP contribution < -0.4 is 4.87 Å². The molecule has 4 nitrogen and oxygen atoms in total. The standard InChI is InChI=1S/C5H2ClN3OS/c6-4-7-1-2-3(9-4)11-5(10)8-2/h1H,(H,8,10). The number of thiazole rings is 1. The first-order valence-electron chi connectivity index (χ1n) is 2.77. The Morgan fingerprint density at radius 1 is 1.64 bits per heavy atom. The molecule has 0 saturated carbocycles. The van der Waals surface area contributed by atoms with Gasteiger partial charge in [-0.2, -0.15) is 0 Å². The van der Waals surface area contributed by atoms with Crippen LogP contribution in [0.15, 0.2) is 11.0 Å². The molecule has 2 aromatic rings. The van der Waals surface area contributed by atoms with Gasteiger partial charge in [-0.1, -0.05) is 11.3 Å². The lowest BCUT2D eigenvalue weighted by Crippen LogP contribution is -1.89. The first kappa shape index (κ1) is 6.75. The van der Waals surface area contributed by atoms with Crippen LogP contribution >= 0.6 is 22.9 Å². The smallest absolute Gasteiger partial charge is 0.307 e. The molecule has 6 heteroatoms. The number of aromatic nitrogens is 3. The SMILES string of the molecule is O=c1[nH]c2cnc(Cl)nc2s1.